The number of rotatable bonds is 7. The number of para-hydroxylation sites is 1. The molecule has 0 radical (unpaired) electrons. The van der Waals surface area contributed by atoms with Crippen molar-refractivity contribution in [2.24, 2.45) is 11.8 Å². The van der Waals surface area contributed by atoms with Crippen molar-refractivity contribution in [2.75, 3.05) is 18.4 Å². The van der Waals surface area contributed by atoms with Crippen molar-refractivity contribution in [3.8, 4) is 0 Å². The highest BCUT2D eigenvalue weighted by Gasteiger charge is 2.28. The van der Waals surface area contributed by atoms with Crippen LogP contribution in [0.25, 0.3) is 0 Å². The first-order chi connectivity index (χ1) is 11.7. The molecule has 1 heterocycles. The van der Waals surface area contributed by atoms with E-state index in [1.807, 2.05) is 61.5 Å². The van der Waals surface area contributed by atoms with Crippen LogP contribution in [0.5, 0.6) is 0 Å². The number of carbonyl (C=O) groups is 1. The summed E-state index contributed by atoms with van der Waals surface area (Å²) in [6, 6.07) is 17.9. The van der Waals surface area contributed by atoms with E-state index < -0.39 is 0 Å². The topological polar surface area (TPSA) is 50.4 Å². The van der Waals surface area contributed by atoms with Crippen LogP contribution in [0.2, 0.25) is 0 Å². The average Bonchev–Trinajstić information content (AvgIpc) is 2.56. The van der Waals surface area contributed by atoms with E-state index in [2.05, 4.69) is 10.6 Å². The van der Waals surface area contributed by atoms with E-state index in [0.717, 1.165) is 29.9 Å². The van der Waals surface area contributed by atoms with Crippen LogP contribution in [0.4, 0.5) is 5.69 Å². The van der Waals surface area contributed by atoms with Gasteiger partial charge < -0.3 is 15.4 Å². The SMILES string of the molecule is CC(C(=O)Nc1ccccc1COCc1ccccc1)C1CNC1.Cl. The lowest BCUT2D eigenvalue weighted by molar-refractivity contribution is -0.121. The maximum atomic E-state index is 12.4. The molecule has 2 N–H and O–H groups in total. The number of carbonyl (C=O) groups excluding carboxylic acids is 1. The van der Waals surface area contributed by atoms with Crippen LogP contribution in [0.3, 0.4) is 0 Å². The van der Waals surface area contributed by atoms with Gasteiger partial charge in [0.15, 0.2) is 0 Å². The number of hydrogen-bond acceptors (Lipinski definition) is 3. The summed E-state index contributed by atoms with van der Waals surface area (Å²) in [6.07, 6.45) is 0. The molecule has 2 aromatic rings. The Balaban J connectivity index is 0.00000225. The molecule has 4 nitrogen and oxygen atoms in total. The molecule has 0 aliphatic carbocycles. The van der Waals surface area contributed by atoms with Gasteiger partial charge in [-0.25, -0.2) is 0 Å². The maximum Gasteiger partial charge on any atom is 0.227 e. The van der Waals surface area contributed by atoms with Crippen molar-refractivity contribution in [1.29, 1.82) is 0 Å². The number of hydrogen-bond donors (Lipinski definition) is 2. The van der Waals surface area contributed by atoms with Gasteiger partial charge in [-0.3, -0.25) is 4.79 Å². The quantitative estimate of drug-likeness (QED) is 0.792. The predicted octanol–water partition coefficient (Wildman–Crippen LogP) is 3.62. The van der Waals surface area contributed by atoms with E-state index in [1.54, 1.807) is 0 Å². The van der Waals surface area contributed by atoms with Crippen molar-refractivity contribution in [1.82, 2.24) is 5.32 Å². The third-order valence-corrected chi connectivity index (χ3v) is 4.58. The standard InChI is InChI=1S/C20H24N2O2.ClH/c1-15(18-11-21-12-18)20(23)22-19-10-6-5-9-17(19)14-24-13-16-7-3-2-4-8-16;/h2-10,15,18,21H,11-14H2,1H3,(H,22,23);1H. The van der Waals surface area contributed by atoms with Gasteiger partial charge in [0.05, 0.1) is 13.2 Å². The molecule has 1 saturated heterocycles. The van der Waals surface area contributed by atoms with Gasteiger partial charge in [0.2, 0.25) is 5.91 Å². The van der Waals surface area contributed by atoms with Gasteiger partial charge in [0.1, 0.15) is 0 Å². The van der Waals surface area contributed by atoms with Gasteiger partial charge in [-0.1, -0.05) is 55.5 Å². The first kappa shape index (κ1) is 19.4. The predicted molar refractivity (Wildman–Crippen MR) is 103 cm³/mol. The maximum absolute atomic E-state index is 12.4. The second-order valence-electron chi connectivity index (χ2n) is 6.33. The molecule has 5 heteroatoms. The molecule has 1 amide bonds. The number of amides is 1. The molecular weight excluding hydrogens is 336 g/mol. The molecule has 2 aromatic carbocycles. The molecule has 1 aliphatic heterocycles. The number of ether oxygens (including phenoxy) is 1. The summed E-state index contributed by atoms with van der Waals surface area (Å²) in [6.45, 7) is 4.89. The fourth-order valence-electron chi connectivity index (χ4n) is 2.75. The van der Waals surface area contributed by atoms with E-state index in [9.17, 15) is 4.79 Å². The van der Waals surface area contributed by atoms with E-state index in [1.165, 1.54) is 0 Å². The van der Waals surface area contributed by atoms with E-state index in [-0.39, 0.29) is 24.2 Å². The highest BCUT2D eigenvalue weighted by Crippen LogP contribution is 2.21. The van der Waals surface area contributed by atoms with E-state index in [0.29, 0.717) is 19.1 Å². The zero-order valence-electron chi connectivity index (χ0n) is 14.4. The van der Waals surface area contributed by atoms with Crippen molar-refractivity contribution in [2.45, 2.75) is 20.1 Å². The van der Waals surface area contributed by atoms with Crippen molar-refractivity contribution in [3.63, 3.8) is 0 Å². The summed E-state index contributed by atoms with van der Waals surface area (Å²) in [5.74, 6) is 0.535. The Kier molecular flexibility index (Phi) is 7.44. The average molecular weight is 361 g/mol. The largest absolute Gasteiger partial charge is 0.372 e. The molecule has 3 rings (SSSR count). The highest BCUT2D eigenvalue weighted by molar-refractivity contribution is 5.93. The van der Waals surface area contributed by atoms with E-state index >= 15 is 0 Å². The Hall–Kier alpha value is -1.88. The highest BCUT2D eigenvalue weighted by atomic mass is 35.5. The lowest BCUT2D eigenvalue weighted by atomic mass is 9.88. The molecule has 1 fully saturated rings. The fraction of sp³-hybridized carbons (Fsp3) is 0.350. The zero-order valence-corrected chi connectivity index (χ0v) is 15.2. The van der Waals surface area contributed by atoms with E-state index in [4.69, 9.17) is 4.74 Å². The van der Waals surface area contributed by atoms with Gasteiger partial charge in [0, 0.05) is 17.2 Å². The van der Waals surface area contributed by atoms with Crippen LogP contribution in [0.1, 0.15) is 18.1 Å². The Bertz CT molecular complexity index is 674. The molecule has 0 bridgehead atoms. The first-order valence-corrected chi connectivity index (χ1v) is 8.45. The van der Waals surface area contributed by atoms with Crippen LogP contribution in [-0.4, -0.2) is 19.0 Å². The summed E-state index contributed by atoms with van der Waals surface area (Å²) in [5, 5.41) is 6.28. The summed E-state index contributed by atoms with van der Waals surface area (Å²) in [4.78, 5) is 12.4. The minimum absolute atomic E-state index is 0. The summed E-state index contributed by atoms with van der Waals surface area (Å²) in [5.41, 5.74) is 2.99. The lowest BCUT2D eigenvalue weighted by Crippen LogP contribution is -2.48. The molecule has 1 atom stereocenters. The molecule has 0 aromatic heterocycles. The molecule has 0 spiro atoms. The number of nitrogens with one attached hydrogen (secondary N) is 2. The minimum Gasteiger partial charge on any atom is -0.372 e. The Morgan fingerprint density at radius 2 is 1.80 bits per heavy atom. The lowest BCUT2D eigenvalue weighted by Gasteiger charge is -2.31. The van der Waals surface area contributed by atoms with Gasteiger partial charge in [-0.2, -0.15) is 0 Å². The molecular formula is C20H25ClN2O2. The summed E-state index contributed by atoms with van der Waals surface area (Å²) >= 11 is 0. The zero-order chi connectivity index (χ0) is 16.8. The van der Waals surface area contributed by atoms with Crippen molar-refractivity contribution >= 4 is 24.0 Å². The fourth-order valence-corrected chi connectivity index (χ4v) is 2.75. The van der Waals surface area contributed by atoms with Gasteiger partial charge in [-0.15, -0.1) is 12.4 Å². The van der Waals surface area contributed by atoms with Gasteiger partial charge in [0.25, 0.3) is 0 Å². The Morgan fingerprint density at radius 1 is 1.12 bits per heavy atom. The third kappa shape index (κ3) is 5.30. The van der Waals surface area contributed by atoms with Crippen LogP contribution in [0.15, 0.2) is 54.6 Å². The molecule has 25 heavy (non-hydrogen) atoms. The second kappa shape index (κ2) is 9.56. The molecule has 1 aliphatic rings. The number of benzene rings is 2. The minimum atomic E-state index is 0. The monoisotopic (exact) mass is 360 g/mol. The Morgan fingerprint density at radius 3 is 2.48 bits per heavy atom. The van der Waals surface area contributed by atoms with Crippen LogP contribution in [-0.2, 0) is 22.7 Å². The third-order valence-electron chi connectivity index (χ3n) is 4.58. The molecule has 0 saturated carbocycles. The van der Waals surface area contributed by atoms with Crippen molar-refractivity contribution < 1.29 is 9.53 Å². The molecule has 1 unspecified atom stereocenters. The van der Waals surface area contributed by atoms with Crippen LogP contribution in [0, 0.1) is 11.8 Å². The van der Waals surface area contributed by atoms with Crippen LogP contribution >= 0.6 is 12.4 Å². The summed E-state index contributed by atoms with van der Waals surface area (Å²) in [7, 11) is 0. The first-order valence-electron chi connectivity index (χ1n) is 8.45. The second-order valence-corrected chi connectivity index (χ2v) is 6.33. The number of anilines is 1. The normalized spacial score (nSPS) is 14.9. The Labute approximate surface area is 155 Å². The van der Waals surface area contributed by atoms with Gasteiger partial charge in [-0.05, 0) is 30.6 Å². The summed E-state index contributed by atoms with van der Waals surface area (Å²) < 4.78 is 5.81. The smallest absolute Gasteiger partial charge is 0.227 e. The molecule has 134 valence electrons. The van der Waals surface area contributed by atoms with Crippen LogP contribution < -0.4 is 10.6 Å². The van der Waals surface area contributed by atoms with Gasteiger partial charge >= 0.3 is 0 Å². The number of halogens is 1. The van der Waals surface area contributed by atoms with Crippen molar-refractivity contribution in [3.05, 3.63) is 65.7 Å².